The van der Waals surface area contributed by atoms with Crippen molar-refractivity contribution in [2.45, 2.75) is 187 Å². The minimum Gasteiger partial charge on any atom is -0.481 e. The summed E-state index contributed by atoms with van der Waals surface area (Å²) < 4.78 is 0. The molecule has 0 aromatic heterocycles. The molecule has 0 spiro atoms. The molecule has 0 bridgehead atoms. The van der Waals surface area contributed by atoms with Gasteiger partial charge in [-0.1, -0.05) is 155 Å². The fourth-order valence-electron chi connectivity index (χ4n) is 4.45. The molecule has 0 heterocycles. The van der Waals surface area contributed by atoms with Gasteiger partial charge < -0.3 is 20.4 Å². The summed E-state index contributed by atoms with van der Waals surface area (Å²) in [6.45, 7) is 4.15. The van der Waals surface area contributed by atoms with Crippen molar-refractivity contribution in [3.05, 3.63) is 0 Å². The molecule has 5 nitrogen and oxygen atoms in total. The summed E-state index contributed by atoms with van der Waals surface area (Å²) in [5.41, 5.74) is 0. The lowest BCUT2D eigenvalue weighted by atomic mass is 10.0. The van der Waals surface area contributed by atoms with Crippen molar-refractivity contribution in [3.63, 3.8) is 0 Å². The maximum absolute atomic E-state index is 10.2. The monoisotopic (exact) mass is 516 g/mol. The van der Waals surface area contributed by atoms with Crippen LogP contribution in [0.2, 0.25) is 0 Å². The lowest BCUT2D eigenvalue weighted by Gasteiger charge is -2.14. The highest BCUT2D eigenvalue weighted by Crippen LogP contribution is 2.14. The second kappa shape index (κ2) is 32.4. The third kappa shape index (κ3) is 33.4. The Hall–Kier alpha value is -0.650. The summed E-state index contributed by atoms with van der Waals surface area (Å²) in [6.07, 6.45) is 28.8. The van der Waals surface area contributed by atoms with Gasteiger partial charge in [-0.25, -0.2) is 0 Å². The van der Waals surface area contributed by atoms with Gasteiger partial charge in [0.2, 0.25) is 0 Å². The van der Waals surface area contributed by atoms with E-state index in [0.29, 0.717) is 12.8 Å². The van der Waals surface area contributed by atoms with Crippen LogP contribution in [0.15, 0.2) is 0 Å². The number of aliphatic hydroxyl groups excluding tert-OH is 3. The number of carbonyl (C=O) groups is 1. The van der Waals surface area contributed by atoms with E-state index < -0.39 is 18.2 Å². The molecule has 0 rings (SSSR count). The third-order valence-corrected chi connectivity index (χ3v) is 6.98. The molecule has 0 aromatic rings. The molecule has 0 aliphatic carbocycles. The molecule has 0 radical (unpaired) electrons. The van der Waals surface area contributed by atoms with Gasteiger partial charge in [-0.15, -0.1) is 0 Å². The van der Waals surface area contributed by atoms with Gasteiger partial charge in [-0.3, -0.25) is 4.79 Å². The minimum atomic E-state index is -0.970. The quantitative estimate of drug-likeness (QED) is 0.0820. The van der Waals surface area contributed by atoms with E-state index in [1.165, 1.54) is 122 Å². The zero-order chi connectivity index (χ0) is 27.1. The molecular formula is C31H64O5. The lowest BCUT2D eigenvalue weighted by molar-refractivity contribution is -0.137. The first-order valence-corrected chi connectivity index (χ1v) is 15.7. The van der Waals surface area contributed by atoms with Crippen molar-refractivity contribution in [2.75, 3.05) is 6.61 Å². The van der Waals surface area contributed by atoms with Crippen molar-refractivity contribution in [1.82, 2.24) is 0 Å². The highest BCUT2D eigenvalue weighted by molar-refractivity contribution is 5.66. The number of carboxylic acid groups (broad SMARTS) is 1. The average Bonchev–Trinajstić information content (AvgIpc) is 2.87. The molecule has 0 aliphatic rings. The van der Waals surface area contributed by atoms with Gasteiger partial charge in [-0.2, -0.15) is 0 Å². The molecule has 36 heavy (non-hydrogen) atoms. The Morgan fingerprint density at radius 2 is 0.806 bits per heavy atom. The molecule has 0 aliphatic heterocycles. The van der Waals surface area contributed by atoms with E-state index in [9.17, 15) is 15.0 Å². The molecule has 4 N–H and O–H groups in total. The Balaban J connectivity index is 0. The van der Waals surface area contributed by atoms with E-state index in [2.05, 4.69) is 13.8 Å². The summed E-state index contributed by atoms with van der Waals surface area (Å²) >= 11 is 0. The molecule has 0 amide bonds. The Morgan fingerprint density at radius 3 is 1.11 bits per heavy atom. The highest BCUT2D eigenvalue weighted by Gasteiger charge is 2.13. The normalized spacial score (nSPS) is 12.7. The SMILES string of the molecule is CCCCCCCCCCCC(=O)O.CCCCCCCCCCCCCCCCC(O)C(O)CO. The summed E-state index contributed by atoms with van der Waals surface area (Å²) in [6, 6.07) is 0. The molecule has 0 saturated carbocycles. The fourth-order valence-corrected chi connectivity index (χ4v) is 4.45. The second-order valence-electron chi connectivity index (χ2n) is 10.7. The summed E-state index contributed by atoms with van der Waals surface area (Å²) in [5, 5.41) is 35.9. The first-order chi connectivity index (χ1) is 17.5. The molecule has 2 unspecified atom stereocenters. The van der Waals surface area contributed by atoms with Crippen LogP contribution in [0.3, 0.4) is 0 Å². The number of aliphatic hydroxyl groups is 3. The summed E-state index contributed by atoms with van der Waals surface area (Å²) in [4.78, 5) is 10.2. The van der Waals surface area contributed by atoms with Gasteiger partial charge in [0.05, 0.1) is 12.7 Å². The van der Waals surface area contributed by atoms with E-state index in [1.807, 2.05) is 0 Å². The highest BCUT2D eigenvalue weighted by atomic mass is 16.4. The predicted octanol–water partition coefficient (Wildman–Crippen LogP) is 8.56. The van der Waals surface area contributed by atoms with Gasteiger partial charge in [-0.05, 0) is 12.8 Å². The van der Waals surface area contributed by atoms with Crippen LogP contribution in [0, 0.1) is 0 Å². The van der Waals surface area contributed by atoms with E-state index in [-0.39, 0.29) is 6.61 Å². The molecule has 5 heteroatoms. The zero-order valence-electron chi connectivity index (χ0n) is 24.2. The van der Waals surface area contributed by atoms with Crippen LogP contribution >= 0.6 is 0 Å². The van der Waals surface area contributed by atoms with Gasteiger partial charge >= 0.3 is 5.97 Å². The topological polar surface area (TPSA) is 98.0 Å². The van der Waals surface area contributed by atoms with Crippen LogP contribution < -0.4 is 0 Å². The predicted molar refractivity (Wildman–Crippen MR) is 154 cm³/mol. The zero-order valence-corrected chi connectivity index (χ0v) is 24.2. The van der Waals surface area contributed by atoms with Crippen molar-refractivity contribution in [3.8, 4) is 0 Å². The van der Waals surface area contributed by atoms with E-state index in [4.69, 9.17) is 10.2 Å². The Morgan fingerprint density at radius 1 is 0.500 bits per heavy atom. The second-order valence-corrected chi connectivity index (χ2v) is 10.7. The van der Waals surface area contributed by atoms with Crippen LogP contribution in [0.5, 0.6) is 0 Å². The number of aliphatic carboxylic acids is 1. The first kappa shape index (κ1) is 37.5. The Kier molecular flexibility index (Phi) is 33.7. The number of hydrogen-bond acceptors (Lipinski definition) is 4. The van der Waals surface area contributed by atoms with Gasteiger partial charge in [0, 0.05) is 6.42 Å². The van der Waals surface area contributed by atoms with Crippen LogP contribution in [0.25, 0.3) is 0 Å². The maximum atomic E-state index is 10.2. The molecule has 0 fully saturated rings. The number of hydrogen-bond donors (Lipinski definition) is 4. The van der Waals surface area contributed by atoms with Gasteiger partial charge in [0.1, 0.15) is 6.10 Å². The minimum absolute atomic E-state index is 0.343. The maximum Gasteiger partial charge on any atom is 0.303 e. The van der Waals surface area contributed by atoms with Crippen LogP contribution in [-0.4, -0.2) is 45.2 Å². The smallest absolute Gasteiger partial charge is 0.303 e. The van der Waals surface area contributed by atoms with Crippen molar-refractivity contribution < 1.29 is 25.2 Å². The van der Waals surface area contributed by atoms with Crippen LogP contribution in [0.4, 0.5) is 0 Å². The lowest BCUT2D eigenvalue weighted by Crippen LogP contribution is -2.28. The molecular weight excluding hydrogens is 452 g/mol. The third-order valence-electron chi connectivity index (χ3n) is 6.98. The standard InChI is InChI=1S/C19H40O3.C12H24O2/c1-2-3-4-5-6-7-8-9-10-11-12-13-14-15-16-18(21)19(22)17-20;1-2-3-4-5-6-7-8-9-10-11-12(13)14/h18-22H,2-17H2,1H3;2-11H2,1H3,(H,13,14). The molecule has 0 aromatic carbocycles. The summed E-state index contributed by atoms with van der Waals surface area (Å²) in [5.74, 6) is -0.659. The van der Waals surface area contributed by atoms with Gasteiger partial charge in [0.15, 0.2) is 0 Å². The number of carboxylic acids is 1. The van der Waals surface area contributed by atoms with Crippen LogP contribution in [0.1, 0.15) is 174 Å². The van der Waals surface area contributed by atoms with E-state index >= 15 is 0 Å². The Labute approximate surface area is 224 Å². The number of rotatable bonds is 27. The van der Waals surface area contributed by atoms with Crippen molar-refractivity contribution in [1.29, 1.82) is 0 Å². The van der Waals surface area contributed by atoms with Gasteiger partial charge in [0.25, 0.3) is 0 Å². The molecule has 0 saturated heterocycles. The fraction of sp³-hybridized carbons (Fsp3) is 0.968. The van der Waals surface area contributed by atoms with Crippen LogP contribution in [-0.2, 0) is 4.79 Å². The molecule has 2 atom stereocenters. The summed E-state index contributed by atoms with van der Waals surface area (Å²) in [7, 11) is 0. The number of unbranched alkanes of at least 4 members (excludes halogenated alkanes) is 21. The molecule has 218 valence electrons. The van der Waals surface area contributed by atoms with E-state index in [0.717, 1.165) is 25.7 Å². The Bertz CT molecular complexity index is 416. The van der Waals surface area contributed by atoms with Crippen molar-refractivity contribution >= 4 is 5.97 Å². The first-order valence-electron chi connectivity index (χ1n) is 15.7. The van der Waals surface area contributed by atoms with Crippen molar-refractivity contribution in [2.24, 2.45) is 0 Å². The average molecular weight is 517 g/mol. The van der Waals surface area contributed by atoms with E-state index in [1.54, 1.807) is 0 Å². The largest absolute Gasteiger partial charge is 0.481 e.